The van der Waals surface area contributed by atoms with Crippen molar-refractivity contribution in [2.75, 3.05) is 18.6 Å². The van der Waals surface area contributed by atoms with Gasteiger partial charge in [0.2, 0.25) is 5.43 Å². The van der Waals surface area contributed by atoms with Crippen molar-refractivity contribution in [1.29, 1.82) is 0 Å². The minimum Gasteiger partial charge on any atom is -0.467 e. The summed E-state index contributed by atoms with van der Waals surface area (Å²) in [5.74, 6) is -1.19. The summed E-state index contributed by atoms with van der Waals surface area (Å²) < 4.78 is 48.9. The highest BCUT2D eigenvalue weighted by Gasteiger charge is 2.56. The average molecular weight is 471 g/mol. The molecular weight excluding hydrogens is 451 g/mol. The largest absolute Gasteiger partial charge is 0.467 e. The SMILES string of the molecule is COC(=O)C1C2CC2CN1c1ccc(-n2cc(C(N)=O)c(=O)c3ccccc32)c(C(F)(F)F)c1. The van der Waals surface area contributed by atoms with Crippen LogP contribution in [0, 0.1) is 11.8 Å². The van der Waals surface area contributed by atoms with E-state index in [1.165, 1.54) is 31.4 Å². The van der Waals surface area contributed by atoms with Gasteiger partial charge in [-0.3, -0.25) is 9.59 Å². The number of hydrogen-bond donors (Lipinski definition) is 1. The maximum absolute atomic E-state index is 14.3. The topological polar surface area (TPSA) is 94.6 Å². The molecule has 10 heteroatoms. The van der Waals surface area contributed by atoms with Gasteiger partial charge >= 0.3 is 12.1 Å². The zero-order valence-corrected chi connectivity index (χ0v) is 18.0. The minimum absolute atomic E-state index is 0.0707. The first-order valence-corrected chi connectivity index (χ1v) is 10.6. The Hall–Kier alpha value is -3.82. The number of nitrogens with zero attached hydrogens (tertiary/aromatic N) is 2. The number of carbonyl (C=O) groups is 2. The highest BCUT2D eigenvalue weighted by Crippen LogP contribution is 2.51. The van der Waals surface area contributed by atoms with Crippen molar-refractivity contribution >= 4 is 28.5 Å². The van der Waals surface area contributed by atoms with Crippen molar-refractivity contribution < 1.29 is 27.5 Å². The Morgan fingerprint density at radius 3 is 2.56 bits per heavy atom. The molecule has 3 unspecified atom stereocenters. The van der Waals surface area contributed by atoms with E-state index in [9.17, 15) is 27.6 Å². The Kier molecular flexibility index (Phi) is 4.92. The van der Waals surface area contributed by atoms with Crippen LogP contribution in [0.25, 0.3) is 16.6 Å². The number of nitrogens with two attached hydrogens (primary N) is 1. The lowest BCUT2D eigenvalue weighted by atomic mass is 10.1. The van der Waals surface area contributed by atoms with Crippen molar-refractivity contribution in [3.63, 3.8) is 0 Å². The van der Waals surface area contributed by atoms with E-state index in [4.69, 9.17) is 10.5 Å². The van der Waals surface area contributed by atoms with E-state index in [0.717, 1.165) is 23.3 Å². The molecule has 0 radical (unpaired) electrons. The molecule has 1 amide bonds. The number of alkyl halides is 3. The lowest BCUT2D eigenvalue weighted by Gasteiger charge is -2.29. The van der Waals surface area contributed by atoms with Crippen LogP contribution in [0.1, 0.15) is 22.3 Å². The van der Waals surface area contributed by atoms with E-state index in [1.54, 1.807) is 17.0 Å². The van der Waals surface area contributed by atoms with Gasteiger partial charge in [0.25, 0.3) is 5.91 Å². The predicted molar refractivity (Wildman–Crippen MR) is 118 cm³/mol. The van der Waals surface area contributed by atoms with E-state index in [2.05, 4.69) is 0 Å². The number of esters is 1. The minimum atomic E-state index is -4.76. The van der Waals surface area contributed by atoms with Gasteiger partial charge in [-0.05, 0) is 48.6 Å². The van der Waals surface area contributed by atoms with E-state index in [0.29, 0.717) is 6.54 Å². The van der Waals surface area contributed by atoms with Crippen LogP contribution in [-0.2, 0) is 15.7 Å². The Bertz CT molecular complexity index is 1400. The molecular formula is C24H20F3N3O4. The Balaban J connectivity index is 1.71. The molecule has 3 aromatic rings. The smallest absolute Gasteiger partial charge is 0.418 e. The molecule has 1 saturated carbocycles. The third-order valence-electron chi connectivity index (χ3n) is 6.65. The summed E-state index contributed by atoms with van der Waals surface area (Å²) in [5, 5.41) is 0.0707. The lowest BCUT2D eigenvalue weighted by molar-refractivity contribution is -0.142. The quantitative estimate of drug-likeness (QED) is 0.590. The van der Waals surface area contributed by atoms with Crippen LogP contribution >= 0.6 is 0 Å². The standard InChI is InChI=1S/C24H20F3N3O4/c1-34-23(33)20-15-8-12(15)10-29(20)13-6-7-19(17(9-13)24(25,26)27)30-11-16(22(28)32)21(31)14-4-2-3-5-18(14)30/h2-7,9,11-12,15,20H,8,10H2,1H3,(H2,28,32). The molecule has 1 aromatic heterocycles. The first-order valence-electron chi connectivity index (χ1n) is 10.6. The number of amides is 1. The average Bonchev–Trinajstić information content (AvgIpc) is 3.47. The number of benzene rings is 2. The number of primary amides is 1. The maximum Gasteiger partial charge on any atom is 0.418 e. The Morgan fingerprint density at radius 1 is 1.15 bits per heavy atom. The number of anilines is 1. The fraction of sp³-hybridized carbons (Fsp3) is 0.292. The molecule has 2 fully saturated rings. The van der Waals surface area contributed by atoms with Gasteiger partial charge in [0.05, 0.1) is 23.9 Å². The Labute approximate surface area is 191 Å². The zero-order chi connectivity index (χ0) is 24.4. The number of fused-ring (bicyclic) bond motifs is 2. The molecule has 1 saturated heterocycles. The summed E-state index contributed by atoms with van der Waals surface area (Å²) in [6, 6.07) is 9.21. The number of piperidine rings is 1. The molecule has 1 aliphatic carbocycles. The van der Waals surface area contributed by atoms with Crippen LogP contribution in [-0.4, -0.2) is 36.1 Å². The van der Waals surface area contributed by atoms with Crippen LogP contribution in [0.3, 0.4) is 0 Å². The molecule has 2 aromatic carbocycles. The van der Waals surface area contributed by atoms with Gasteiger partial charge in [0, 0.05) is 23.8 Å². The lowest BCUT2D eigenvalue weighted by Crippen LogP contribution is -2.40. The molecule has 2 N–H and O–H groups in total. The van der Waals surface area contributed by atoms with Crippen LogP contribution in [0.4, 0.5) is 18.9 Å². The normalized spacial score (nSPS) is 21.4. The number of ether oxygens (including phenoxy) is 1. The van der Waals surface area contributed by atoms with Crippen LogP contribution in [0.2, 0.25) is 0 Å². The van der Waals surface area contributed by atoms with Gasteiger partial charge in [0.1, 0.15) is 11.6 Å². The molecule has 2 heterocycles. The third kappa shape index (κ3) is 3.41. The van der Waals surface area contributed by atoms with E-state index >= 15 is 0 Å². The first-order chi connectivity index (χ1) is 16.1. The zero-order valence-electron chi connectivity index (χ0n) is 18.0. The van der Waals surface area contributed by atoms with E-state index < -0.39 is 40.7 Å². The van der Waals surface area contributed by atoms with Gasteiger partial charge in [-0.1, -0.05) is 12.1 Å². The summed E-state index contributed by atoms with van der Waals surface area (Å²) in [5.41, 5.74) is 3.47. The fourth-order valence-electron chi connectivity index (χ4n) is 4.95. The van der Waals surface area contributed by atoms with Gasteiger partial charge in [-0.2, -0.15) is 13.2 Å². The van der Waals surface area contributed by atoms with E-state index in [-0.39, 0.29) is 34.1 Å². The molecule has 34 heavy (non-hydrogen) atoms. The number of rotatable bonds is 4. The van der Waals surface area contributed by atoms with Crippen molar-refractivity contribution in [3.8, 4) is 5.69 Å². The highest BCUT2D eigenvalue weighted by molar-refractivity contribution is 5.96. The van der Waals surface area contributed by atoms with Crippen molar-refractivity contribution in [1.82, 2.24) is 4.57 Å². The number of carbonyl (C=O) groups excluding carboxylic acids is 2. The summed E-state index contributed by atoms with van der Waals surface area (Å²) >= 11 is 0. The van der Waals surface area contributed by atoms with Gasteiger partial charge in [0.15, 0.2) is 0 Å². The molecule has 176 valence electrons. The molecule has 0 bridgehead atoms. The Morgan fingerprint density at radius 2 is 1.88 bits per heavy atom. The van der Waals surface area contributed by atoms with E-state index in [1.807, 2.05) is 0 Å². The number of para-hydroxylation sites is 1. The molecule has 5 rings (SSSR count). The van der Waals surface area contributed by atoms with Gasteiger partial charge in [-0.15, -0.1) is 0 Å². The molecule has 7 nitrogen and oxygen atoms in total. The van der Waals surface area contributed by atoms with Crippen LogP contribution < -0.4 is 16.1 Å². The maximum atomic E-state index is 14.3. The molecule has 1 aliphatic heterocycles. The first kappa shape index (κ1) is 22.0. The number of halogens is 3. The molecule has 2 aliphatic rings. The summed E-state index contributed by atoms with van der Waals surface area (Å²) in [4.78, 5) is 38.5. The molecule has 0 spiro atoms. The number of pyridine rings is 1. The second-order valence-corrected chi connectivity index (χ2v) is 8.60. The summed E-state index contributed by atoms with van der Waals surface area (Å²) in [6.45, 7) is 0.466. The summed E-state index contributed by atoms with van der Waals surface area (Å²) in [6.07, 6.45) is -2.87. The number of aromatic nitrogens is 1. The second kappa shape index (κ2) is 7.61. The van der Waals surface area contributed by atoms with Crippen LogP contribution in [0.5, 0.6) is 0 Å². The van der Waals surface area contributed by atoms with Gasteiger partial charge < -0.3 is 19.9 Å². The van der Waals surface area contributed by atoms with Crippen molar-refractivity contribution in [2.45, 2.75) is 18.6 Å². The number of methoxy groups -OCH3 is 1. The second-order valence-electron chi connectivity index (χ2n) is 8.60. The van der Waals surface area contributed by atoms with Crippen LogP contribution in [0.15, 0.2) is 53.5 Å². The number of hydrogen-bond acceptors (Lipinski definition) is 5. The summed E-state index contributed by atoms with van der Waals surface area (Å²) in [7, 11) is 1.26. The monoisotopic (exact) mass is 471 g/mol. The predicted octanol–water partition coefficient (Wildman–Crippen LogP) is 3.11. The van der Waals surface area contributed by atoms with Crippen molar-refractivity contribution in [2.24, 2.45) is 17.6 Å². The van der Waals surface area contributed by atoms with Gasteiger partial charge in [-0.25, -0.2) is 4.79 Å². The van der Waals surface area contributed by atoms with Crippen molar-refractivity contribution in [3.05, 3.63) is 70.0 Å². The molecule has 3 atom stereocenters. The fourth-order valence-corrected chi connectivity index (χ4v) is 4.95. The highest BCUT2D eigenvalue weighted by atomic mass is 19.4. The third-order valence-corrected chi connectivity index (χ3v) is 6.65.